The first kappa shape index (κ1) is 60.8. The van der Waals surface area contributed by atoms with Gasteiger partial charge in [-0.15, -0.1) is 0 Å². The molecule has 0 fully saturated rings. The Balaban J connectivity index is 4.29. The summed E-state index contributed by atoms with van der Waals surface area (Å²) in [5.74, 6) is -1.77. The number of rotatable bonds is 46. The van der Waals surface area contributed by atoms with Crippen LogP contribution in [0.5, 0.6) is 0 Å². The number of nitrogens with zero attached hydrogens (tertiary/aromatic N) is 1. The first-order valence-electron chi connectivity index (χ1n) is 26.0. The van der Waals surface area contributed by atoms with Crippen LogP contribution in [0.4, 0.5) is 0 Å². The first-order chi connectivity index (χ1) is 31.1. The minimum Gasteiger partial charge on any atom is -0.544 e. The van der Waals surface area contributed by atoms with E-state index in [0.717, 1.165) is 83.5 Å². The lowest BCUT2D eigenvalue weighted by molar-refractivity contribution is -0.889. The predicted molar refractivity (Wildman–Crippen MR) is 268 cm³/mol. The van der Waals surface area contributed by atoms with Crippen molar-refractivity contribution in [3.63, 3.8) is 0 Å². The molecule has 0 amide bonds. The molecule has 0 saturated heterocycles. The average Bonchev–Trinajstić information content (AvgIpc) is 3.26. The fourth-order valence-corrected chi connectivity index (χ4v) is 7.31. The van der Waals surface area contributed by atoms with Crippen molar-refractivity contribution in [1.82, 2.24) is 0 Å². The molecule has 0 spiro atoms. The van der Waals surface area contributed by atoms with E-state index in [9.17, 15) is 19.5 Å². The highest BCUT2D eigenvalue weighted by Crippen LogP contribution is 2.14. The van der Waals surface area contributed by atoms with Gasteiger partial charge in [-0.25, -0.2) is 0 Å². The molecule has 8 nitrogen and oxygen atoms in total. The Morgan fingerprint density at radius 3 is 1.38 bits per heavy atom. The van der Waals surface area contributed by atoms with E-state index in [0.29, 0.717) is 12.8 Å². The summed E-state index contributed by atoms with van der Waals surface area (Å²) in [6, 6.07) is -0.734. The number of aliphatic carboxylic acids is 1. The number of carbonyl (C=O) groups is 3. The molecule has 0 N–H and O–H groups in total. The maximum absolute atomic E-state index is 12.8. The standard InChI is InChI=1S/C56H97NO7/c1-6-8-10-12-14-16-18-20-22-24-26-27-28-29-31-32-34-36-38-40-42-44-46-54(58)63-51-52(50-62-49-48-53(56(60)61)57(3,4)5)64-55(59)47-45-43-41-39-37-35-33-30-25-23-21-19-17-15-13-11-9-7-2/h14,16,19-23,25-27,30,33,52-53H,6-13,15,17-18,24,28-29,31-32,34-51H2,1-5H3/b16-14+,21-19+,22-20+,25-23+,27-26+,33-30+. The number of quaternary nitrogens is 1. The van der Waals surface area contributed by atoms with Crippen molar-refractivity contribution >= 4 is 17.9 Å². The molecule has 0 aromatic rings. The minimum absolute atomic E-state index is 0.0277. The molecule has 0 rings (SSSR count). The summed E-state index contributed by atoms with van der Waals surface area (Å²) >= 11 is 0. The maximum Gasteiger partial charge on any atom is 0.306 e. The molecule has 0 saturated carbocycles. The van der Waals surface area contributed by atoms with Crippen LogP contribution < -0.4 is 5.11 Å². The topological polar surface area (TPSA) is 102 Å². The van der Waals surface area contributed by atoms with Crippen molar-refractivity contribution < 1.29 is 38.2 Å². The summed E-state index contributed by atoms with van der Waals surface area (Å²) in [6.45, 7) is 4.60. The molecule has 2 unspecified atom stereocenters. The van der Waals surface area contributed by atoms with Crippen LogP contribution in [0.2, 0.25) is 0 Å². The van der Waals surface area contributed by atoms with Gasteiger partial charge < -0.3 is 28.6 Å². The van der Waals surface area contributed by atoms with Crippen molar-refractivity contribution in [3.05, 3.63) is 72.9 Å². The number of esters is 2. The molecule has 0 aromatic heterocycles. The zero-order valence-corrected chi connectivity index (χ0v) is 41.9. The van der Waals surface area contributed by atoms with Crippen LogP contribution >= 0.6 is 0 Å². The smallest absolute Gasteiger partial charge is 0.306 e. The third-order valence-electron chi connectivity index (χ3n) is 11.4. The van der Waals surface area contributed by atoms with E-state index in [1.54, 1.807) is 21.1 Å². The number of unbranched alkanes of at least 4 members (excludes halogenated alkanes) is 22. The van der Waals surface area contributed by atoms with Gasteiger partial charge in [-0.1, -0.05) is 189 Å². The molecular weight excluding hydrogens is 799 g/mol. The lowest BCUT2D eigenvalue weighted by atomic mass is 10.1. The summed E-state index contributed by atoms with van der Waals surface area (Å²) < 4.78 is 17.2. The quantitative estimate of drug-likeness (QED) is 0.0197. The van der Waals surface area contributed by atoms with Gasteiger partial charge in [-0.2, -0.15) is 0 Å². The summed E-state index contributed by atoms with van der Waals surface area (Å²) in [5, 5.41) is 11.7. The van der Waals surface area contributed by atoms with Crippen molar-refractivity contribution in [1.29, 1.82) is 0 Å². The van der Waals surface area contributed by atoms with Gasteiger partial charge in [-0.3, -0.25) is 9.59 Å². The van der Waals surface area contributed by atoms with Crippen molar-refractivity contribution in [2.24, 2.45) is 0 Å². The third-order valence-corrected chi connectivity index (χ3v) is 11.4. The maximum atomic E-state index is 12.8. The second-order valence-corrected chi connectivity index (χ2v) is 18.5. The van der Waals surface area contributed by atoms with Gasteiger partial charge in [0.1, 0.15) is 12.6 Å². The Hall–Kier alpha value is -3.23. The molecule has 368 valence electrons. The number of ether oxygens (including phenoxy) is 3. The summed E-state index contributed by atoms with van der Waals surface area (Å²) in [5.41, 5.74) is 0. The van der Waals surface area contributed by atoms with Crippen molar-refractivity contribution in [2.75, 3.05) is 41.0 Å². The predicted octanol–water partition coefficient (Wildman–Crippen LogP) is 13.8. The van der Waals surface area contributed by atoms with Gasteiger partial charge in [0.25, 0.3) is 0 Å². The van der Waals surface area contributed by atoms with E-state index >= 15 is 0 Å². The van der Waals surface area contributed by atoms with Gasteiger partial charge >= 0.3 is 11.9 Å². The number of likely N-dealkylation sites (N-methyl/N-ethyl adjacent to an activating group) is 1. The highest BCUT2D eigenvalue weighted by molar-refractivity contribution is 5.70. The van der Waals surface area contributed by atoms with Crippen LogP contribution in [-0.4, -0.2) is 75.5 Å². The minimum atomic E-state index is -1.13. The molecule has 0 aromatic carbocycles. The normalized spacial score (nSPS) is 13.5. The Morgan fingerprint density at radius 1 is 0.484 bits per heavy atom. The summed E-state index contributed by atoms with van der Waals surface area (Å²) in [7, 11) is 5.40. The zero-order chi connectivity index (χ0) is 47.0. The SMILES string of the molecule is CCCCC/C=C/C/C=C/C/C=C/CCCCCCCCCCCC(=O)OCC(COCCC(C(=O)[O-])[N+](C)(C)C)OC(=O)CCCCCCC/C=C/C=C/C=C/CCCCCCC. The molecule has 0 aliphatic carbocycles. The molecule has 0 bridgehead atoms. The number of carbonyl (C=O) groups excluding carboxylic acids is 3. The highest BCUT2D eigenvalue weighted by atomic mass is 16.6. The Morgan fingerprint density at radius 2 is 0.891 bits per heavy atom. The van der Waals surface area contributed by atoms with E-state index in [-0.39, 0.29) is 42.7 Å². The largest absolute Gasteiger partial charge is 0.544 e. The van der Waals surface area contributed by atoms with Crippen LogP contribution in [-0.2, 0) is 28.6 Å². The van der Waals surface area contributed by atoms with Crippen LogP contribution in [0.25, 0.3) is 0 Å². The Kier molecular flexibility index (Phi) is 44.0. The lowest BCUT2D eigenvalue weighted by Crippen LogP contribution is -2.55. The molecule has 0 aliphatic heterocycles. The second kappa shape index (κ2) is 46.3. The fraction of sp³-hybridized carbons (Fsp3) is 0.732. The number of hydrogen-bond donors (Lipinski definition) is 0. The van der Waals surface area contributed by atoms with E-state index in [1.807, 2.05) is 0 Å². The monoisotopic (exact) mass is 896 g/mol. The molecular formula is C56H97NO7. The highest BCUT2D eigenvalue weighted by Gasteiger charge is 2.25. The molecule has 2 atom stereocenters. The number of allylic oxidation sites excluding steroid dienone is 12. The molecule has 8 heteroatoms. The fourth-order valence-electron chi connectivity index (χ4n) is 7.31. The molecule has 0 heterocycles. The van der Waals surface area contributed by atoms with Gasteiger partial charge in [0, 0.05) is 19.3 Å². The lowest BCUT2D eigenvalue weighted by Gasteiger charge is -2.34. The van der Waals surface area contributed by atoms with Crippen LogP contribution in [0.15, 0.2) is 72.9 Å². The van der Waals surface area contributed by atoms with Crippen LogP contribution in [0.3, 0.4) is 0 Å². The second-order valence-electron chi connectivity index (χ2n) is 18.5. The summed E-state index contributed by atoms with van der Waals surface area (Å²) in [6.07, 6.45) is 59.2. The zero-order valence-electron chi connectivity index (χ0n) is 41.9. The van der Waals surface area contributed by atoms with Crippen molar-refractivity contribution in [2.45, 2.75) is 225 Å². The van der Waals surface area contributed by atoms with E-state index < -0.39 is 18.1 Å². The number of carboxylic acids is 1. The van der Waals surface area contributed by atoms with Gasteiger partial charge in [-0.05, 0) is 77.0 Å². The van der Waals surface area contributed by atoms with Crippen LogP contribution in [0, 0.1) is 0 Å². The van der Waals surface area contributed by atoms with Gasteiger partial charge in [0.05, 0.1) is 40.3 Å². The Bertz CT molecular complexity index is 1270. The van der Waals surface area contributed by atoms with Gasteiger partial charge in [0.15, 0.2) is 6.10 Å². The molecule has 0 aliphatic rings. The summed E-state index contributed by atoms with van der Waals surface area (Å²) in [4.78, 5) is 37.0. The number of carboxylic acid groups (broad SMARTS) is 1. The third kappa shape index (κ3) is 44.0. The molecule has 0 radical (unpaired) electrons. The van der Waals surface area contributed by atoms with E-state index in [2.05, 4.69) is 86.8 Å². The van der Waals surface area contributed by atoms with Crippen LogP contribution in [0.1, 0.15) is 213 Å². The molecule has 64 heavy (non-hydrogen) atoms. The average molecular weight is 896 g/mol. The van der Waals surface area contributed by atoms with E-state index in [4.69, 9.17) is 14.2 Å². The van der Waals surface area contributed by atoms with Crippen molar-refractivity contribution in [3.8, 4) is 0 Å². The number of hydrogen-bond acceptors (Lipinski definition) is 7. The van der Waals surface area contributed by atoms with Gasteiger partial charge in [0.2, 0.25) is 0 Å². The first-order valence-corrected chi connectivity index (χ1v) is 26.0. The van der Waals surface area contributed by atoms with E-state index in [1.165, 1.54) is 96.3 Å². The Labute approximate surface area is 393 Å².